The topological polar surface area (TPSA) is 255 Å². The summed E-state index contributed by atoms with van der Waals surface area (Å²) < 4.78 is 9.93. The van der Waals surface area contributed by atoms with Gasteiger partial charge >= 0.3 is 11.9 Å². The molecule has 0 aliphatic carbocycles. The first-order chi connectivity index (χ1) is 19.1. The standard InChI is InChI=1S/C27H32O14/c1-27(2,13-3-7-15(8-4-13)40-25(38)23(36)21(34)19(32)17(30)11-28)14-5-9-16(10-6-14)41-26(39)24(37)22(35)20(33)18(31)12-29/h3-10,17-20,28-37H,11-12H2,1-2H3/b23-21+,24-22+. The highest BCUT2D eigenvalue weighted by atomic mass is 16.6. The van der Waals surface area contributed by atoms with Crippen LogP contribution in [-0.2, 0) is 15.0 Å². The number of esters is 2. The van der Waals surface area contributed by atoms with Crippen LogP contribution in [0.25, 0.3) is 0 Å². The Hall–Kier alpha value is -4.18. The van der Waals surface area contributed by atoms with Gasteiger partial charge in [-0.05, 0) is 35.4 Å². The Labute approximate surface area is 233 Å². The van der Waals surface area contributed by atoms with Gasteiger partial charge in [0.2, 0.25) is 11.5 Å². The molecule has 10 N–H and O–H groups in total. The highest BCUT2D eigenvalue weighted by molar-refractivity contribution is 5.88. The van der Waals surface area contributed by atoms with Gasteiger partial charge in [0.05, 0.1) is 13.2 Å². The van der Waals surface area contributed by atoms with Gasteiger partial charge in [-0.15, -0.1) is 0 Å². The highest BCUT2D eigenvalue weighted by Gasteiger charge is 2.29. The number of aliphatic hydroxyl groups excluding tert-OH is 10. The molecule has 0 amide bonds. The molecule has 0 saturated carbocycles. The van der Waals surface area contributed by atoms with Crippen molar-refractivity contribution in [2.45, 2.75) is 43.7 Å². The van der Waals surface area contributed by atoms with Crippen molar-refractivity contribution in [3.05, 3.63) is 82.7 Å². The first-order valence-corrected chi connectivity index (χ1v) is 12.0. The Morgan fingerprint density at radius 1 is 0.634 bits per heavy atom. The maximum atomic E-state index is 12.1. The van der Waals surface area contributed by atoms with Gasteiger partial charge in [0, 0.05) is 5.41 Å². The second-order valence-electron chi connectivity index (χ2n) is 9.31. The van der Waals surface area contributed by atoms with Crippen molar-refractivity contribution in [3.63, 3.8) is 0 Å². The third-order valence-electron chi connectivity index (χ3n) is 6.11. The zero-order chi connectivity index (χ0) is 31.1. The van der Waals surface area contributed by atoms with Gasteiger partial charge < -0.3 is 60.5 Å². The molecule has 14 nitrogen and oxygen atoms in total. The summed E-state index contributed by atoms with van der Waals surface area (Å²) in [5.41, 5.74) is 0.807. The zero-order valence-corrected chi connectivity index (χ0v) is 21.9. The van der Waals surface area contributed by atoms with Crippen LogP contribution in [0.4, 0.5) is 0 Å². The lowest BCUT2D eigenvalue weighted by Crippen LogP contribution is -2.33. The third-order valence-corrected chi connectivity index (χ3v) is 6.11. The van der Waals surface area contributed by atoms with Gasteiger partial charge in [-0.1, -0.05) is 38.1 Å². The molecule has 224 valence electrons. The summed E-state index contributed by atoms with van der Waals surface area (Å²) in [6, 6.07) is 12.0. The summed E-state index contributed by atoms with van der Waals surface area (Å²) in [7, 11) is 0. The zero-order valence-electron chi connectivity index (χ0n) is 21.9. The molecule has 0 bridgehead atoms. The van der Waals surface area contributed by atoms with Crippen molar-refractivity contribution >= 4 is 11.9 Å². The number of hydrogen-bond acceptors (Lipinski definition) is 14. The Kier molecular flexibility index (Phi) is 11.2. The summed E-state index contributed by atoms with van der Waals surface area (Å²) in [6.45, 7) is 1.84. The number of aliphatic hydroxyl groups is 10. The van der Waals surface area contributed by atoms with Crippen LogP contribution in [0.2, 0.25) is 0 Å². The van der Waals surface area contributed by atoms with E-state index in [1.54, 1.807) is 24.3 Å². The van der Waals surface area contributed by atoms with Crippen LogP contribution < -0.4 is 9.47 Å². The molecule has 0 aliphatic heterocycles. The lowest BCUT2D eigenvalue weighted by molar-refractivity contribution is -0.134. The van der Waals surface area contributed by atoms with Crippen LogP contribution in [-0.4, -0.2) is 101 Å². The maximum Gasteiger partial charge on any atom is 0.382 e. The first kappa shape index (κ1) is 33.0. The predicted octanol–water partition coefficient (Wildman–Crippen LogP) is -0.0933. The van der Waals surface area contributed by atoms with E-state index in [0.29, 0.717) is 0 Å². The molecule has 4 unspecified atom stereocenters. The van der Waals surface area contributed by atoms with E-state index in [-0.39, 0.29) is 11.5 Å². The molecule has 14 heteroatoms. The van der Waals surface area contributed by atoms with Crippen molar-refractivity contribution in [3.8, 4) is 11.5 Å². The van der Waals surface area contributed by atoms with Crippen molar-refractivity contribution < 1.29 is 70.1 Å². The van der Waals surface area contributed by atoms with E-state index in [9.17, 15) is 50.4 Å². The smallest absolute Gasteiger partial charge is 0.382 e. The van der Waals surface area contributed by atoms with Gasteiger partial charge in [0.25, 0.3) is 0 Å². The Balaban J connectivity index is 2.13. The number of carbonyl (C=O) groups excluding carboxylic acids is 2. The fourth-order valence-corrected chi connectivity index (χ4v) is 3.41. The van der Waals surface area contributed by atoms with Crippen molar-refractivity contribution in [2.24, 2.45) is 0 Å². The highest BCUT2D eigenvalue weighted by Crippen LogP contribution is 2.33. The lowest BCUT2D eigenvalue weighted by atomic mass is 9.78. The van der Waals surface area contributed by atoms with Gasteiger partial charge in [-0.2, -0.15) is 0 Å². The van der Waals surface area contributed by atoms with Crippen LogP contribution in [0.3, 0.4) is 0 Å². The summed E-state index contributed by atoms with van der Waals surface area (Å²) in [5, 5.41) is 94.5. The number of benzene rings is 2. The predicted molar refractivity (Wildman–Crippen MR) is 139 cm³/mol. The maximum absolute atomic E-state index is 12.1. The van der Waals surface area contributed by atoms with E-state index in [1.807, 2.05) is 13.8 Å². The van der Waals surface area contributed by atoms with Crippen LogP contribution in [0, 0.1) is 0 Å². The van der Waals surface area contributed by atoms with Crippen molar-refractivity contribution in [2.75, 3.05) is 13.2 Å². The van der Waals surface area contributed by atoms with Crippen molar-refractivity contribution in [1.82, 2.24) is 0 Å². The van der Waals surface area contributed by atoms with E-state index in [4.69, 9.17) is 19.7 Å². The number of rotatable bonds is 12. The molecule has 0 heterocycles. The monoisotopic (exact) mass is 580 g/mol. The molecule has 0 radical (unpaired) electrons. The van der Waals surface area contributed by atoms with Gasteiger partial charge in [0.15, 0.2) is 11.5 Å². The summed E-state index contributed by atoms with van der Waals surface area (Å²) in [5.74, 6) is -8.15. The molecule has 2 rings (SSSR count). The minimum Gasteiger partial charge on any atom is -0.506 e. The van der Waals surface area contributed by atoms with Gasteiger partial charge in [0.1, 0.15) is 35.9 Å². The second-order valence-corrected chi connectivity index (χ2v) is 9.31. The molecular weight excluding hydrogens is 548 g/mol. The number of ether oxygens (including phenoxy) is 2. The van der Waals surface area contributed by atoms with E-state index in [2.05, 4.69) is 0 Å². The average molecular weight is 581 g/mol. The summed E-state index contributed by atoms with van der Waals surface area (Å²) >= 11 is 0. The molecule has 4 atom stereocenters. The largest absolute Gasteiger partial charge is 0.506 e. The molecule has 0 aliphatic rings. The fraction of sp³-hybridized carbons (Fsp3) is 0.333. The molecule has 2 aromatic rings. The van der Waals surface area contributed by atoms with Crippen LogP contribution >= 0.6 is 0 Å². The first-order valence-electron chi connectivity index (χ1n) is 12.0. The number of hydrogen-bond donors (Lipinski definition) is 10. The van der Waals surface area contributed by atoms with Crippen LogP contribution in [0.15, 0.2) is 71.6 Å². The molecule has 0 spiro atoms. The Morgan fingerprint density at radius 2 is 0.927 bits per heavy atom. The SMILES string of the molecule is CC(C)(c1ccc(OC(=O)/C(O)=C(\O)C(O)C(O)CO)cc1)c1ccc(OC(=O)/C(O)=C(\O)C(O)C(O)CO)cc1. The molecular formula is C27H32O14. The molecule has 0 saturated heterocycles. The lowest BCUT2D eigenvalue weighted by Gasteiger charge is -2.26. The molecule has 2 aromatic carbocycles. The summed E-state index contributed by atoms with van der Waals surface area (Å²) in [4.78, 5) is 24.2. The van der Waals surface area contributed by atoms with Gasteiger partial charge in [-0.25, -0.2) is 9.59 Å². The molecule has 41 heavy (non-hydrogen) atoms. The fourth-order valence-electron chi connectivity index (χ4n) is 3.41. The van der Waals surface area contributed by atoms with Crippen molar-refractivity contribution in [1.29, 1.82) is 0 Å². The van der Waals surface area contributed by atoms with E-state index in [1.165, 1.54) is 24.3 Å². The molecule has 0 aromatic heterocycles. The van der Waals surface area contributed by atoms with Crippen LogP contribution in [0.1, 0.15) is 25.0 Å². The normalized spacial score (nSPS) is 16.0. The van der Waals surface area contributed by atoms with E-state index < -0.39 is 78.0 Å². The Bertz CT molecular complexity index is 1170. The molecule has 0 fully saturated rings. The third kappa shape index (κ3) is 7.94. The summed E-state index contributed by atoms with van der Waals surface area (Å²) in [6.07, 6.45) is -7.90. The van der Waals surface area contributed by atoms with E-state index >= 15 is 0 Å². The second kappa shape index (κ2) is 13.9. The van der Waals surface area contributed by atoms with Crippen LogP contribution in [0.5, 0.6) is 11.5 Å². The average Bonchev–Trinajstić information content (AvgIpc) is 2.98. The Morgan fingerprint density at radius 3 is 1.20 bits per heavy atom. The number of carbonyl (C=O) groups is 2. The minimum absolute atomic E-state index is 0.0268. The van der Waals surface area contributed by atoms with Gasteiger partial charge in [-0.3, -0.25) is 0 Å². The minimum atomic E-state index is -2.11. The van der Waals surface area contributed by atoms with E-state index in [0.717, 1.165) is 11.1 Å². The quantitative estimate of drug-likeness (QED) is 0.0681.